The van der Waals surface area contributed by atoms with Crippen LogP contribution in [-0.4, -0.2) is 13.1 Å². The highest BCUT2D eigenvalue weighted by Gasteiger charge is 2.02. The molecule has 0 heterocycles. The molecule has 0 unspecified atom stereocenters. The molecule has 1 rings (SSSR count). The van der Waals surface area contributed by atoms with Gasteiger partial charge in [-0.15, -0.1) is 11.6 Å². The molecular weight excluding hydrogens is 181 g/mol. The lowest BCUT2D eigenvalue weighted by Crippen LogP contribution is -1.98. The number of alkyl halides is 1. The molecule has 1 aromatic rings. The van der Waals surface area contributed by atoms with Gasteiger partial charge in [-0.3, -0.25) is 0 Å². The standard InChI is InChI=1S/C8H9ClFNO/c1-12-8-3-2-6(10)4-7(8)11-5-9/h2-4,11H,5H2,1H3. The lowest BCUT2D eigenvalue weighted by atomic mass is 10.3. The topological polar surface area (TPSA) is 21.3 Å². The van der Waals surface area contributed by atoms with Crippen LogP contribution in [0.4, 0.5) is 10.1 Å². The molecule has 0 aromatic heterocycles. The van der Waals surface area contributed by atoms with E-state index in [0.29, 0.717) is 11.4 Å². The van der Waals surface area contributed by atoms with E-state index >= 15 is 0 Å². The van der Waals surface area contributed by atoms with E-state index in [1.807, 2.05) is 0 Å². The fourth-order valence-corrected chi connectivity index (χ4v) is 1.03. The Bertz CT molecular complexity index is 267. The van der Waals surface area contributed by atoms with E-state index < -0.39 is 0 Å². The number of methoxy groups -OCH3 is 1. The number of hydrogen-bond acceptors (Lipinski definition) is 2. The average molecular weight is 190 g/mol. The van der Waals surface area contributed by atoms with Gasteiger partial charge in [0, 0.05) is 6.07 Å². The van der Waals surface area contributed by atoms with Gasteiger partial charge in [0.2, 0.25) is 0 Å². The van der Waals surface area contributed by atoms with Crippen LogP contribution in [0.25, 0.3) is 0 Å². The summed E-state index contributed by atoms with van der Waals surface area (Å²) < 4.78 is 17.6. The fraction of sp³-hybridized carbons (Fsp3) is 0.250. The molecule has 1 aromatic carbocycles. The van der Waals surface area contributed by atoms with Crippen molar-refractivity contribution < 1.29 is 9.13 Å². The monoisotopic (exact) mass is 189 g/mol. The molecule has 66 valence electrons. The summed E-state index contributed by atoms with van der Waals surface area (Å²) in [7, 11) is 1.52. The highest BCUT2D eigenvalue weighted by molar-refractivity contribution is 6.18. The number of rotatable bonds is 3. The smallest absolute Gasteiger partial charge is 0.142 e. The van der Waals surface area contributed by atoms with Crippen molar-refractivity contribution in [2.45, 2.75) is 0 Å². The summed E-state index contributed by atoms with van der Waals surface area (Å²) >= 11 is 5.43. The number of ether oxygens (including phenoxy) is 1. The number of benzene rings is 1. The summed E-state index contributed by atoms with van der Waals surface area (Å²) in [5.74, 6) is 0.264. The van der Waals surface area contributed by atoms with Crippen LogP contribution in [0.2, 0.25) is 0 Å². The number of nitrogens with one attached hydrogen (secondary N) is 1. The minimum Gasteiger partial charge on any atom is -0.495 e. The highest BCUT2D eigenvalue weighted by Crippen LogP contribution is 2.24. The molecule has 0 spiro atoms. The van der Waals surface area contributed by atoms with Crippen LogP contribution in [0.1, 0.15) is 0 Å². The molecule has 0 amide bonds. The predicted molar refractivity (Wildman–Crippen MR) is 47.3 cm³/mol. The van der Waals surface area contributed by atoms with Gasteiger partial charge in [-0.25, -0.2) is 4.39 Å². The molecule has 4 heteroatoms. The van der Waals surface area contributed by atoms with Crippen LogP contribution in [-0.2, 0) is 0 Å². The summed E-state index contributed by atoms with van der Waals surface area (Å²) in [5, 5.41) is 2.77. The first-order valence-electron chi connectivity index (χ1n) is 3.41. The van der Waals surface area contributed by atoms with Gasteiger partial charge in [-0.2, -0.15) is 0 Å². The van der Waals surface area contributed by atoms with E-state index in [2.05, 4.69) is 5.32 Å². The van der Waals surface area contributed by atoms with Crippen molar-refractivity contribution in [1.29, 1.82) is 0 Å². The van der Waals surface area contributed by atoms with Gasteiger partial charge in [0.05, 0.1) is 18.8 Å². The van der Waals surface area contributed by atoms with E-state index in [9.17, 15) is 4.39 Å². The second-order valence-electron chi connectivity index (χ2n) is 2.16. The molecule has 0 radical (unpaired) electrons. The number of halogens is 2. The van der Waals surface area contributed by atoms with Gasteiger partial charge in [0.25, 0.3) is 0 Å². The third-order valence-corrected chi connectivity index (χ3v) is 1.55. The quantitative estimate of drug-likeness (QED) is 0.583. The van der Waals surface area contributed by atoms with Crippen molar-refractivity contribution in [2.24, 2.45) is 0 Å². The maximum absolute atomic E-state index is 12.7. The first-order valence-corrected chi connectivity index (χ1v) is 3.94. The van der Waals surface area contributed by atoms with E-state index in [-0.39, 0.29) is 11.8 Å². The van der Waals surface area contributed by atoms with E-state index in [0.717, 1.165) is 0 Å². The summed E-state index contributed by atoms with van der Waals surface area (Å²) in [6.07, 6.45) is 0. The molecule has 0 fully saturated rings. The summed E-state index contributed by atoms with van der Waals surface area (Å²) in [6.45, 7) is 0. The Hall–Kier alpha value is -0.960. The molecule has 0 saturated heterocycles. The van der Waals surface area contributed by atoms with E-state index in [4.69, 9.17) is 16.3 Å². The van der Waals surface area contributed by atoms with Crippen LogP contribution >= 0.6 is 11.6 Å². The van der Waals surface area contributed by atoms with Crippen molar-refractivity contribution in [3.05, 3.63) is 24.0 Å². The Balaban J connectivity index is 2.95. The number of hydrogen-bond donors (Lipinski definition) is 1. The Labute approximate surface area is 75.3 Å². The molecule has 0 aliphatic rings. The van der Waals surface area contributed by atoms with E-state index in [1.54, 1.807) is 6.07 Å². The average Bonchev–Trinajstić information content (AvgIpc) is 2.05. The maximum atomic E-state index is 12.7. The van der Waals surface area contributed by atoms with Crippen LogP contribution in [0.5, 0.6) is 5.75 Å². The molecule has 1 N–H and O–H groups in total. The third-order valence-electron chi connectivity index (χ3n) is 1.42. The maximum Gasteiger partial charge on any atom is 0.142 e. The van der Waals surface area contributed by atoms with Gasteiger partial charge in [0.1, 0.15) is 11.6 Å². The minimum atomic E-state index is -0.316. The zero-order chi connectivity index (χ0) is 8.97. The molecule has 2 nitrogen and oxygen atoms in total. The third kappa shape index (κ3) is 2.01. The Kier molecular flexibility index (Phi) is 3.17. The van der Waals surface area contributed by atoms with Crippen LogP contribution in [0.15, 0.2) is 18.2 Å². The second kappa shape index (κ2) is 4.16. The molecule has 0 aliphatic carbocycles. The number of anilines is 1. The summed E-state index contributed by atoms with van der Waals surface area (Å²) in [5.41, 5.74) is 0.563. The first-order chi connectivity index (χ1) is 5.77. The van der Waals surface area contributed by atoms with Gasteiger partial charge < -0.3 is 10.1 Å². The van der Waals surface area contributed by atoms with Gasteiger partial charge >= 0.3 is 0 Å². The lowest BCUT2D eigenvalue weighted by Gasteiger charge is -2.07. The SMILES string of the molecule is COc1ccc(F)cc1NCCl. The minimum absolute atomic E-state index is 0.222. The van der Waals surface area contributed by atoms with Crippen molar-refractivity contribution in [1.82, 2.24) is 0 Å². The molecule has 0 aliphatic heterocycles. The molecule has 0 saturated carbocycles. The summed E-state index contributed by atoms with van der Waals surface area (Å²) in [6, 6.07) is 4.43. The van der Waals surface area contributed by atoms with Crippen LogP contribution < -0.4 is 10.1 Å². The van der Waals surface area contributed by atoms with Gasteiger partial charge in [-0.1, -0.05) is 0 Å². The zero-order valence-corrected chi connectivity index (χ0v) is 7.36. The van der Waals surface area contributed by atoms with Crippen molar-refractivity contribution >= 4 is 17.3 Å². The van der Waals surface area contributed by atoms with Crippen LogP contribution in [0.3, 0.4) is 0 Å². The predicted octanol–water partition coefficient (Wildman–Crippen LogP) is 2.44. The second-order valence-corrected chi connectivity index (χ2v) is 2.42. The molecule has 0 atom stereocenters. The van der Waals surface area contributed by atoms with Crippen LogP contribution in [0, 0.1) is 5.82 Å². The molecular formula is C8H9ClFNO. The molecule has 0 bridgehead atoms. The van der Waals surface area contributed by atoms with Crippen molar-refractivity contribution in [3.63, 3.8) is 0 Å². The van der Waals surface area contributed by atoms with Gasteiger partial charge in [0.15, 0.2) is 0 Å². The normalized spacial score (nSPS) is 9.58. The van der Waals surface area contributed by atoms with E-state index in [1.165, 1.54) is 19.2 Å². The molecule has 12 heavy (non-hydrogen) atoms. The van der Waals surface area contributed by atoms with Crippen molar-refractivity contribution in [3.8, 4) is 5.75 Å². The Morgan fingerprint density at radius 2 is 2.33 bits per heavy atom. The zero-order valence-electron chi connectivity index (χ0n) is 6.60. The summed E-state index contributed by atoms with van der Waals surface area (Å²) in [4.78, 5) is 0. The highest BCUT2D eigenvalue weighted by atomic mass is 35.5. The largest absolute Gasteiger partial charge is 0.495 e. The lowest BCUT2D eigenvalue weighted by molar-refractivity contribution is 0.415. The van der Waals surface area contributed by atoms with Gasteiger partial charge in [-0.05, 0) is 12.1 Å². The first kappa shape index (κ1) is 9.13. The fourth-order valence-electron chi connectivity index (χ4n) is 0.890. The Morgan fingerprint density at radius 3 is 2.92 bits per heavy atom. The van der Waals surface area contributed by atoms with Crippen molar-refractivity contribution in [2.75, 3.05) is 18.4 Å². The Morgan fingerprint density at radius 1 is 1.58 bits per heavy atom.